The predicted octanol–water partition coefficient (Wildman–Crippen LogP) is 2.68. The normalized spacial score (nSPS) is 12.2. The van der Waals surface area contributed by atoms with E-state index in [9.17, 15) is 4.79 Å². The molecular weight excluding hydrogens is 268 g/mol. The van der Waals surface area contributed by atoms with Gasteiger partial charge in [0.2, 0.25) is 0 Å². The van der Waals surface area contributed by atoms with Crippen LogP contribution in [-0.2, 0) is 0 Å². The molecule has 0 saturated carbocycles. The van der Waals surface area contributed by atoms with Crippen molar-refractivity contribution in [3.63, 3.8) is 0 Å². The average Bonchev–Trinajstić information content (AvgIpc) is 2.26. The number of nitrogens with zero attached hydrogens (tertiary/aromatic N) is 1. The summed E-state index contributed by atoms with van der Waals surface area (Å²) >= 11 is 3.38. The SMILES string of the molecule is Cc1ncccc1C(=O)NC(C)CCCBr. The zero-order valence-electron chi connectivity index (χ0n) is 9.66. The minimum Gasteiger partial charge on any atom is -0.350 e. The largest absolute Gasteiger partial charge is 0.350 e. The van der Waals surface area contributed by atoms with Crippen molar-refractivity contribution >= 4 is 21.8 Å². The van der Waals surface area contributed by atoms with Gasteiger partial charge in [0.15, 0.2) is 0 Å². The number of hydrogen-bond acceptors (Lipinski definition) is 2. The molecular formula is C12H17BrN2O. The molecule has 0 aliphatic heterocycles. The van der Waals surface area contributed by atoms with E-state index in [1.807, 2.05) is 13.8 Å². The number of pyridine rings is 1. The van der Waals surface area contributed by atoms with Gasteiger partial charge in [0.1, 0.15) is 0 Å². The molecule has 0 aliphatic rings. The third kappa shape index (κ3) is 3.93. The summed E-state index contributed by atoms with van der Waals surface area (Å²) < 4.78 is 0. The van der Waals surface area contributed by atoms with E-state index in [2.05, 4.69) is 26.2 Å². The van der Waals surface area contributed by atoms with Crippen molar-refractivity contribution in [3.8, 4) is 0 Å². The molecule has 1 aromatic rings. The summed E-state index contributed by atoms with van der Waals surface area (Å²) in [7, 11) is 0. The highest BCUT2D eigenvalue weighted by Crippen LogP contribution is 2.05. The summed E-state index contributed by atoms with van der Waals surface area (Å²) in [6, 6.07) is 3.78. The van der Waals surface area contributed by atoms with E-state index in [1.54, 1.807) is 18.3 Å². The van der Waals surface area contributed by atoms with Gasteiger partial charge in [0.05, 0.1) is 5.56 Å². The number of alkyl halides is 1. The third-order valence-corrected chi connectivity index (χ3v) is 2.96. The van der Waals surface area contributed by atoms with E-state index in [0.29, 0.717) is 5.56 Å². The van der Waals surface area contributed by atoms with Crippen molar-refractivity contribution in [2.45, 2.75) is 32.7 Å². The van der Waals surface area contributed by atoms with Gasteiger partial charge in [0.25, 0.3) is 5.91 Å². The van der Waals surface area contributed by atoms with E-state index in [0.717, 1.165) is 23.9 Å². The molecule has 0 aromatic carbocycles. The summed E-state index contributed by atoms with van der Waals surface area (Å²) in [5.74, 6) is -0.0346. The Balaban J connectivity index is 2.56. The number of rotatable bonds is 5. The van der Waals surface area contributed by atoms with Crippen LogP contribution >= 0.6 is 15.9 Å². The first kappa shape index (κ1) is 13.2. The van der Waals surface area contributed by atoms with Gasteiger partial charge in [-0.3, -0.25) is 9.78 Å². The smallest absolute Gasteiger partial charge is 0.253 e. The average molecular weight is 285 g/mol. The van der Waals surface area contributed by atoms with E-state index in [-0.39, 0.29) is 11.9 Å². The van der Waals surface area contributed by atoms with Crippen LogP contribution in [0.2, 0.25) is 0 Å². The number of aromatic nitrogens is 1. The second-order valence-electron chi connectivity index (χ2n) is 3.84. The molecule has 0 spiro atoms. The highest BCUT2D eigenvalue weighted by molar-refractivity contribution is 9.09. The molecule has 4 heteroatoms. The van der Waals surface area contributed by atoms with E-state index >= 15 is 0 Å². The van der Waals surface area contributed by atoms with Crippen LogP contribution in [-0.4, -0.2) is 22.3 Å². The number of halogens is 1. The molecule has 1 aromatic heterocycles. The molecule has 0 aliphatic carbocycles. The van der Waals surface area contributed by atoms with Crippen LogP contribution in [0.15, 0.2) is 18.3 Å². The Hall–Kier alpha value is -0.900. The van der Waals surface area contributed by atoms with Crippen LogP contribution < -0.4 is 5.32 Å². The lowest BCUT2D eigenvalue weighted by Gasteiger charge is -2.13. The number of carbonyl (C=O) groups excluding carboxylic acids is 1. The Morgan fingerprint density at radius 2 is 2.38 bits per heavy atom. The lowest BCUT2D eigenvalue weighted by atomic mass is 10.1. The summed E-state index contributed by atoms with van der Waals surface area (Å²) in [5.41, 5.74) is 1.43. The molecule has 1 amide bonds. The fourth-order valence-electron chi connectivity index (χ4n) is 1.48. The second-order valence-corrected chi connectivity index (χ2v) is 4.64. The fourth-order valence-corrected chi connectivity index (χ4v) is 1.81. The van der Waals surface area contributed by atoms with Crippen molar-refractivity contribution in [2.24, 2.45) is 0 Å². The van der Waals surface area contributed by atoms with Crippen molar-refractivity contribution in [1.82, 2.24) is 10.3 Å². The van der Waals surface area contributed by atoms with Crippen LogP contribution in [0.3, 0.4) is 0 Å². The molecule has 16 heavy (non-hydrogen) atoms. The minimum atomic E-state index is -0.0346. The molecule has 3 nitrogen and oxygen atoms in total. The summed E-state index contributed by atoms with van der Waals surface area (Å²) in [5, 5.41) is 3.94. The molecule has 88 valence electrons. The van der Waals surface area contributed by atoms with Crippen molar-refractivity contribution in [1.29, 1.82) is 0 Å². The van der Waals surface area contributed by atoms with Crippen LogP contribution in [0, 0.1) is 6.92 Å². The van der Waals surface area contributed by atoms with Crippen molar-refractivity contribution < 1.29 is 4.79 Å². The third-order valence-electron chi connectivity index (χ3n) is 2.40. The van der Waals surface area contributed by atoms with Gasteiger partial charge in [-0.2, -0.15) is 0 Å². The first-order chi connectivity index (χ1) is 7.65. The van der Waals surface area contributed by atoms with Gasteiger partial charge >= 0.3 is 0 Å². The van der Waals surface area contributed by atoms with Crippen LogP contribution in [0.1, 0.15) is 35.8 Å². The van der Waals surface area contributed by atoms with Crippen LogP contribution in [0.5, 0.6) is 0 Å². The summed E-state index contributed by atoms with van der Waals surface area (Å²) in [6.07, 6.45) is 3.74. The number of aryl methyl sites for hydroxylation is 1. The zero-order valence-corrected chi connectivity index (χ0v) is 11.3. The van der Waals surface area contributed by atoms with E-state index in [1.165, 1.54) is 0 Å². The molecule has 0 bridgehead atoms. The molecule has 1 rings (SSSR count). The Kier molecular flexibility index (Phi) is 5.46. The number of hydrogen-bond donors (Lipinski definition) is 1. The second kappa shape index (κ2) is 6.63. The van der Waals surface area contributed by atoms with E-state index in [4.69, 9.17) is 0 Å². The van der Waals surface area contributed by atoms with Gasteiger partial charge < -0.3 is 5.32 Å². The quantitative estimate of drug-likeness (QED) is 0.845. The summed E-state index contributed by atoms with van der Waals surface area (Å²) in [6.45, 7) is 3.87. The molecule has 0 radical (unpaired) electrons. The monoisotopic (exact) mass is 284 g/mol. The van der Waals surface area contributed by atoms with Gasteiger partial charge in [-0.25, -0.2) is 0 Å². The number of carbonyl (C=O) groups is 1. The fraction of sp³-hybridized carbons (Fsp3) is 0.500. The van der Waals surface area contributed by atoms with Gasteiger partial charge in [-0.1, -0.05) is 15.9 Å². The lowest BCUT2D eigenvalue weighted by Crippen LogP contribution is -2.33. The van der Waals surface area contributed by atoms with Gasteiger partial charge in [-0.15, -0.1) is 0 Å². The summed E-state index contributed by atoms with van der Waals surface area (Å²) in [4.78, 5) is 16.0. The highest BCUT2D eigenvalue weighted by Gasteiger charge is 2.11. The van der Waals surface area contributed by atoms with Crippen molar-refractivity contribution in [3.05, 3.63) is 29.6 Å². The molecule has 0 saturated heterocycles. The maximum absolute atomic E-state index is 11.9. The minimum absolute atomic E-state index is 0.0346. The molecule has 0 fully saturated rings. The Labute approximate surface area is 105 Å². The molecule has 1 heterocycles. The first-order valence-electron chi connectivity index (χ1n) is 5.43. The predicted molar refractivity (Wildman–Crippen MR) is 68.9 cm³/mol. The highest BCUT2D eigenvalue weighted by atomic mass is 79.9. The van der Waals surface area contributed by atoms with Gasteiger partial charge in [0, 0.05) is 23.3 Å². The number of nitrogens with one attached hydrogen (secondary N) is 1. The molecule has 1 unspecified atom stereocenters. The zero-order chi connectivity index (χ0) is 12.0. The Morgan fingerprint density at radius 1 is 1.62 bits per heavy atom. The van der Waals surface area contributed by atoms with E-state index < -0.39 is 0 Å². The lowest BCUT2D eigenvalue weighted by molar-refractivity contribution is 0.0937. The van der Waals surface area contributed by atoms with Crippen LogP contribution in [0.4, 0.5) is 0 Å². The molecule has 1 atom stereocenters. The first-order valence-corrected chi connectivity index (χ1v) is 6.55. The maximum atomic E-state index is 11.9. The topological polar surface area (TPSA) is 42.0 Å². The van der Waals surface area contributed by atoms with Gasteiger partial charge in [-0.05, 0) is 38.8 Å². The Bertz CT molecular complexity index is 355. The Morgan fingerprint density at radius 3 is 3.00 bits per heavy atom. The number of amides is 1. The van der Waals surface area contributed by atoms with Crippen molar-refractivity contribution in [2.75, 3.05) is 5.33 Å². The standard InChI is InChI=1S/C12H17BrN2O/c1-9(5-3-7-13)15-12(16)11-6-4-8-14-10(11)2/h4,6,8-9H,3,5,7H2,1-2H3,(H,15,16). The van der Waals surface area contributed by atoms with Crippen LogP contribution in [0.25, 0.3) is 0 Å². The maximum Gasteiger partial charge on any atom is 0.253 e. The molecule has 1 N–H and O–H groups in total.